The Labute approximate surface area is 144 Å². The molecule has 1 aromatic carbocycles. The molecule has 1 atom stereocenters. The lowest BCUT2D eigenvalue weighted by Gasteiger charge is -2.15. The summed E-state index contributed by atoms with van der Waals surface area (Å²) in [6.45, 7) is 2.85. The van der Waals surface area contributed by atoms with Gasteiger partial charge < -0.3 is 10.1 Å². The van der Waals surface area contributed by atoms with Crippen molar-refractivity contribution in [3.8, 4) is 5.75 Å². The van der Waals surface area contributed by atoms with Gasteiger partial charge in [-0.2, -0.15) is 0 Å². The van der Waals surface area contributed by atoms with Gasteiger partial charge in [-0.3, -0.25) is 0 Å². The van der Waals surface area contributed by atoms with Crippen LogP contribution in [0.25, 0.3) is 0 Å². The van der Waals surface area contributed by atoms with Gasteiger partial charge in [-0.15, -0.1) is 11.3 Å². The number of methoxy groups -OCH3 is 1. The maximum Gasteiger partial charge on any atom is 0.137 e. The summed E-state index contributed by atoms with van der Waals surface area (Å²) >= 11 is 14.6. The number of nitrogens with one attached hydrogen (secondary N) is 1. The molecule has 1 unspecified atom stereocenters. The van der Waals surface area contributed by atoms with Crippen molar-refractivity contribution in [1.82, 2.24) is 5.32 Å². The van der Waals surface area contributed by atoms with E-state index in [9.17, 15) is 0 Å². The van der Waals surface area contributed by atoms with Crippen molar-refractivity contribution in [3.63, 3.8) is 0 Å². The summed E-state index contributed by atoms with van der Waals surface area (Å²) in [4.78, 5) is 1.23. The number of hydrogen-bond donors (Lipinski definition) is 1. The van der Waals surface area contributed by atoms with E-state index in [1.54, 1.807) is 18.4 Å². The van der Waals surface area contributed by atoms with Crippen LogP contribution in [0.15, 0.2) is 33.2 Å². The lowest BCUT2D eigenvalue weighted by atomic mass is 10.2. The maximum absolute atomic E-state index is 5.97. The average Bonchev–Trinajstić information content (AvgIpc) is 2.82. The van der Waals surface area contributed by atoms with Crippen molar-refractivity contribution in [3.05, 3.63) is 48.0 Å². The summed E-state index contributed by atoms with van der Waals surface area (Å²) < 4.78 is 8.23. The van der Waals surface area contributed by atoms with Crippen LogP contribution in [-0.2, 0) is 6.54 Å². The molecule has 0 saturated carbocycles. The normalized spacial score (nSPS) is 12.4. The Hall–Kier alpha value is -0.0700. The molecule has 1 N–H and O–H groups in total. The fraction of sp³-hybridized carbons (Fsp3) is 0.286. The largest absolute Gasteiger partial charge is 0.495 e. The molecular weight excluding hydrogens is 425 g/mol. The second kappa shape index (κ2) is 7.27. The summed E-state index contributed by atoms with van der Waals surface area (Å²) in [5.74, 6) is 0.858. The molecule has 0 aliphatic heterocycles. The second-order valence-electron chi connectivity index (χ2n) is 4.32. The van der Waals surface area contributed by atoms with Gasteiger partial charge in [-0.1, -0.05) is 27.5 Å². The molecule has 0 aliphatic carbocycles. The SMILES string of the molecule is COc1c(Br)cc(Br)cc1CNC(C)c1ccc(Cl)s1. The van der Waals surface area contributed by atoms with E-state index in [1.165, 1.54) is 4.88 Å². The minimum Gasteiger partial charge on any atom is -0.495 e. The Morgan fingerprint density at radius 1 is 1.35 bits per heavy atom. The summed E-state index contributed by atoms with van der Waals surface area (Å²) in [7, 11) is 1.68. The average molecular weight is 440 g/mol. The number of rotatable bonds is 5. The first-order valence-corrected chi connectivity index (χ1v) is 8.80. The smallest absolute Gasteiger partial charge is 0.137 e. The Bertz CT molecular complexity index is 603. The van der Waals surface area contributed by atoms with Gasteiger partial charge in [0.25, 0.3) is 0 Å². The standard InChI is InChI=1S/C14H14Br2ClNOS/c1-8(12-3-4-13(17)20-12)18-7-9-5-10(15)6-11(16)14(9)19-2/h3-6,8,18H,7H2,1-2H3. The number of ether oxygens (including phenoxy) is 1. The predicted octanol–water partition coefficient (Wildman–Crippen LogP) is 5.79. The third-order valence-electron chi connectivity index (χ3n) is 2.91. The van der Waals surface area contributed by atoms with Crippen LogP contribution in [0, 0.1) is 0 Å². The van der Waals surface area contributed by atoms with E-state index in [0.717, 1.165) is 31.1 Å². The van der Waals surface area contributed by atoms with Crippen molar-refractivity contribution in [1.29, 1.82) is 0 Å². The van der Waals surface area contributed by atoms with Gasteiger partial charge in [0.1, 0.15) is 5.75 Å². The number of thiophene rings is 1. The van der Waals surface area contributed by atoms with Crippen LogP contribution in [0.4, 0.5) is 0 Å². The van der Waals surface area contributed by atoms with Crippen LogP contribution in [-0.4, -0.2) is 7.11 Å². The Kier molecular flexibility index (Phi) is 5.93. The molecule has 0 aliphatic rings. The molecule has 1 heterocycles. The van der Waals surface area contributed by atoms with Crippen LogP contribution >= 0.6 is 54.8 Å². The molecule has 0 radical (unpaired) electrons. The first kappa shape index (κ1) is 16.3. The highest BCUT2D eigenvalue weighted by molar-refractivity contribution is 9.11. The minimum absolute atomic E-state index is 0.245. The number of benzene rings is 1. The fourth-order valence-corrected chi connectivity index (χ4v) is 4.46. The van der Waals surface area contributed by atoms with Crippen molar-refractivity contribution < 1.29 is 4.74 Å². The summed E-state index contributed by atoms with van der Waals surface area (Å²) in [6, 6.07) is 8.26. The summed E-state index contributed by atoms with van der Waals surface area (Å²) in [5, 5.41) is 3.49. The molecule has 0 spiro atoms. The monoisotopic (exact) mass is 437 g/mol. The molecule has 0 fully saturated rings. The Morgan fingerprint density at radius 3 is 2.70 bits per heavy atom. The van der Waals surface area contributed by atoms with Crippen LogP contribution in [0.5, 0.6) is 5.75 Å². The number of halogens is 3. The Morgan fingerprint density at radius 2 is 2.10 bits per heavy atom. The van der Waals surface area contributed by atoms with Gasteiger partial charge in [0.15, 0.2) is 0 Å². The summed E-state index contributed by atoms with van der Waals surface area (Å²) in [5.41, 5.74) is 1.10. The molecule has 6 heteroatoms. The molecular formula is C14H14Br2ClNOS. The second-order valence-corrected chi connectivity index (χ2v) is 7.84. The van der Waals surface area contributed by atoms with E-state index < -0.39 is 0 Å². The quantitative estimate of drug-likeness (QED) is 0.637. The van der Waals surface area contributed by atoms with Gasteiger partial charge in [-0.25, -0.2) is 0 Å². The van der Waals surface area contributed by atoms with Gasteiger partial charge in [0, 0.05) is 27.5 Å². The lowest BCUT2D eigenvalue weighted by molar-refractivity contribution is 0.403. The van der Waals surface area contributed by atoms with Crippen molar-refractivity contribution in [2.24, 2.45) is 0 Å². The highest BCUT2D eigenvalue weighted by atomic mass is 79.9. The van der Waals surface area contributed by atoms with Gasteiger partial charge in [-0.05, 0) is 47.1 Å². The van der Waals surface area contributed by atoms with Crippen molar-refractivity contribution in [2.75, 3.05) is 7.11 Å². The minimum atomic E-state index is 0.245. The molecule has 108 valence electrons. The molecule has 2 nitrogen and oxygen atoms in total. The van der Waals surface area contributed by atoms with E-state index in [2.05, 4.69) is 56.2 Å². The van der Waals surface area contributed by atoms with Crippen LogP contribution in [0.3, 0.4) is 0 Å². The zero-order chi connectivity index (χ0) is 14.7. The third-order valence-corrected chi connectivity index (χ3v) is 5.37. The van der Waals surface area contributed by atoms with E-state index in [1.807, 2.05) is 12.1 Å². The first-order chi connectivity index (χ1) is 9.51. The van der Waals surface area contributed by atoms with Crippen LogP contribution in [0.2, 0.25) is 4.34 Å². The maximum atomic E-state index is 5.97. The predicted molar refractivity (Wildman–Crippen MR) is 93.0 cm³/mol. The van der Waals surface area contributed by atoms with E-state index in [0.29, 0.717) is 0 Å². The zero-order valence-electron chi connectivity index (χ0n) is 11.0. The van der Waals surface area contributed by atoms with Gasteiger partial charge in [0.2, 0.25) is 0 Å². The Balaban J connectivity index is 2.10. The van der Waals surface area contributed by atoms with Crippen LogP contribution < -0.4 is 10.1 Å². The topological polar surface area (TPSA) is 21.3 Å². The molecule has 0 bridgehead atoms. The fourth-order valence-electron chi connectivity index (χ4n) is 1.90. The molecule has 20 heavy (non-hydrogen) atoms. The zero-order valence-corrected chi connectivity index (χ0v) is 15.8. The van der Waals surface area contributed by atoms with Crippen LogP contribution in [0.1, 0.15) is 23.4 Å². The molecule has 1 aromatic heterocycles. The summed E-state index contributed by atoms with van der Waals surface area (Å²) in [6.07, 6.45) is 0. The van der Waals surface area contributed by atoms with E-state index >= 15 is 0 Å². The molecule has 0 amide bonds. The van der Waals surface area contributed by atoms with E-state index in [4.69, 9.17) is 16.3 Å². The molecule has 2 rings (SSSR count). The third kappa shape index (κ3) is 3.98. The van der Waals surface area contributed by atoms with Crippen molar-refractivity contribution in [2.45, 2.75) is 19.5 Å². The first-order valence-electron chi connectivity index (χ1n) is 6.01. The molecule has 2 aromatic rings. The van der Waals surface area contributed by atoms with Gasteiger partial charge in [0.05, 0.1) is 15.9 Å². The highest BCUT2D eigenvalue weighted by Gasteiger charge is 2.12. The number of hydrogen-bond acceptors (Lipinski definition) is 3. The van der Waals surface area contributed by atoms with E-state index in [-0.39, 0.29) is 6.04 Å². The highest BCUT2D eigenvalue weighted by Crippen LogP contribution is 2.33. The van der Waals surface area contributed by atoms with Gasteiger partial charge >= 0.3 is 0 Å². The molecule has 0 saturated heterocycles. The van der Waals surface area contributed by atoms with Crippen molar-refractivity contribution >= 4 is 54.8 Å². The lowest BCUT2D eigenvalue weighted by Crippen LogP contribution is -2.17.